The van der Waals surface area contributed by atoms with Crippen LogP contribution in [0.25, 0.3) is 0 Å². The van der Waals surface area contributed by atoms with Gasteiger partial charge in [-0.05, 0) is 32.1 Å². The van der Waals surface area contributed by atoms with E-state index in [1.165, 1.54) is 315 Å². The molecule has 0 aromatic heterocycles. The Bertz CT molecular complexity index is 1100. The van der Waals surface area contributed by atoms with E-state index in [1.807, 2.05) is 6.08 Å². The van der Waals surface area contributed by atoms with E-state index >= 15 is 0 Å². The summed E-state index contributed by atoms with van der Waals surface area (Å²) in [6, 6.07) is -0.628. The van der Waals surface area contributed by atoms with Gasteiger partial charge in [-0.2, -0.15) is 0 Å². The fourth-order valence-electron chi connectivity index (χ4n) is 10.7. The Morgan fingerprint density at radius 2 is 0.630 bits per heavy atom. The van der Waals surface area contributed by atoms with Crippen molar-refractivity contribution >= 4 is 11.9 Å². The van der Waals surface area contributed by atoms with Crippen molar-refractivity contribution in [2.75, 3.05) is 13.2 Å². The van der Waals surface area contributed by atoms with Crippen LogP contribution in [0.1, 0.15) is 380 Å². The number of carbonyl (C=O) groups excluding carboxylic acids is 2. The monoisotopic (exact) mass is 1030 g/mol. The van der Waals surface area contributed by atoms with Crippen molar-refractivity contribution in [1.82, 2.24) is 5.32 Å². The van der Waals surface area contributed by atoms with Crippen molar-refractivity contribution in [2.45, 2.75) is 392 Å². The predicted octanol–water partition coefficient (Wildman–Crippen LogP) is 21.2. The predicted molar refractivity (Wildman–Crippen MR) is 320 cm³/mol. The quantitative estimate of drug-likeness (QED) is 0.0320. The summed E-state index contributed by atoms with van der Waals surface area (Å²) in [6.07, 6.45) is 77.0. The third-order valence-electron chi connectivity index (χ3n) is 15.8. The summed E-state index contributed by atoms with van der Waals surface area (Å²) in [7, 11) is 0. The maximum absolute atomic E-state index is 12.5. The maximum atomic E-state index is 12.5. The number of amides is 1. The van der Waals surface area contributed by atoms with E-state index in [0.717, 1.165) is 38.5 Å². The SMILES string of the molecule is CCCCCCCCCCCCCCCCC/C=C/C(O)C(CO)NC(=O)CCCCCCCCCCCCCCCCCCCCCCCOC(=O)CCCCCCCCCCCCCCCCCCCC. The van der Waals surface area contributed by atoms with Gasteiger partial charge in [0.15, 0.2) is 0 Å². The first-order valence-corrected chi connectivity index (χ1v) is 33.5. The number of unbranched alkanes of at least 4 members (excludes halogenated alkanes) is 52. The van der Waals surface area contributed by atoms with E-state index in [-0.39, 0.29) is 18.5 Å². The molecule has 0 radical (unpaired) electrons. The van der Waals surface area contributed by atoms with Crippen LogP contribution in [-0.4, -0.2) is 47.4 Å². The molecule has 3 N–H and O–H groups in total. The zero-order valence-corrected chi connectivity index (χ0v) is 49.6. The zero-order chi connectivity index (χ0) is 52.9. The van der Waals surface area contributed by atoms with Gasteiger partial charge in [-0.1, -0.05) is 347 Å². The fourth-order valence-corrected chi connectivity index (χ4v) is 10.7. The standard InChI is InChI=1S/C67H131NO5/c1-3-5-7-9-11-13-15-17-19-21-29-33-37-41-45-49-53-57-61-67(72)73-62-58-54-50-46-42-38-34-30-26-24-22-23-25-28-32-36-40-44-48-52-56-60-66(71)68-64(63-69)65(70)59-55-51-47-43-39-35-31-27-20-18-16-14-12-10-8-6-4-2/h55,59,64-65,69-70H,3-54,56-58,60-63H2,1-2H3,(H,68,71)/b59-55+. The molecule has 0 saturated carbocycles. The van der Waals surface area contributed by atoms with Crippen LogP contribution in [0, 0.1) is 0 Å². The summed E-state index contributed by atoms with van der Waals surface area (Å²) in [5.74, 6) is -0.0488. The van der Waals surface area contributed by atoms with Crippen LogP contribution in [0.15, 0.2) is 12.2 Å². The van der Waals surface area contributed by atoms with E-state index in [1.54, 1.807) is 6.08 Å². The van der Waals surface area contributed by atoms with Crippen molar-refractivity contribution in [3.63, 3.8) is 0 Å². The maximum Gasteiger partial charge on any atom is 0.305 e. The first kappa shape index (κ1) is 71.6. The fraction of sp³-hybridized carbons (Fsp3) is 0.940. The number of hydrogen-bond donors (Lipinski definition) is 3. The average molecular weight is 1030 g/mol. The molecule has 0 rings (SSSR count). The molecule has 2 atom stereocenters. The number of esters is 1. The smallest absolute Gasteiger partial charge is 0.305 e. The topological polar surface area (TPSA) is 95.9 Å². The van der Waals surface area contributed by atoms with E-state index in [0.29, 0.717) is 19.4 Å². The molecule has 0 fully saturated rings. The molecule has 434 valence electrons. The van der Waals surface area contributed by atoms with Crippen LogP contribution in [0.5, 0.6) is 0 Å². The normalized spacial score (nSPS) is 12.5. The molecule has 0 aliphatic rings. The molecule has 73 heavy (non-hydrogen) atoms. The number of aliphatic hydroxyl groups is 2. The molecule has 0 aliphatic heterocycles. The molecule has 0 saturated heterocycles. The van der Waals surface area contributed by atoms with Crippen molar-refractivity contribution in [1.29, 1.82) is 0 Å². The number of carbonyl (C=O) groups is 2. The van der Waals surface area contributed by atoms with Gasteiger partial charge in [0, 0.05) is 12.8 Å². The van der Waals surface area contributed by atoms with Gasteiger partial charge >= 0.3 is 5.97 Å². The van der Waals surface area contributed by atoms with E-state index in [2.05, 4.69) is 19.2 Å². The van der Waals surface area contributed by atoms with Gasteiger partial charge in [0.2, 0.25) is 5.91 Å². The average Bonchev–Trinajstić information content (AvgIpc) is 3.39. The number of allylic oxidation sites excluding steroid dienone is 1. The van der Waals surface area contributed by atoms with Crippen LogP contribution < -0.4 is 5.32 Å². The first-order valence-electron chi connectivity index (χ1n) is 33.5. The van der Waals surface area contributed by atoms with Crippen LogP contribution in [0.4, 0.5) is 0 Å². The molecule has 0 aliphatic carbocycles. The molecule has 0 bridgehead atoms. The Morgan fingerprint density at radius 3 is 0.932 bits per heavy atom. The van der Waals surface area contributed by atoms with Crippen LogP contribution in [-0.2, 0) is 14.3 Å². The largest absolute Gasteiger partial charge is 0.466 e. The minimum atomic E-state index is -0.845. The summed E-state index contributed by atoms with van der Waals surface area (Å²) in [5, 5.41) is 23.2. The number of hydrogen-bond acceptors (Lipinski definition) is 5. The molecule has 0 aromatic rings. The lowest BCUT2D eigenvalue weighted by molar-refractivity contribution is -0.143. The van der Waals surface area contributed by atoms with Crippen molar-refractivity contribution < 1.29 is 24.5 Å². The van der Waals surface area contributed by atoms with Crippen molar-refractivity contribution in [3.8, 4) is 0 Å². The Labute approximate surface area is 457 Å². The summed E-state index contributed by atoms with van der Waals surface area (Å²) in [5.41, 5.74) is 0. The molecule has 2 unspecified atom stereocenters. The van der Waals surface area contributed by atoms with Gasteiger partial charge in [0.25, 0.3) is 0 Å². The molecule has 1 amide bonds. The summed E-state index contributed by atoms with van der Waals surface area (Å²) in [6.45, 7) is 4.94. The molecule has 0 heterocycles. The zero-order valence-electron chi connectivity index (χ0n) is 49.6. The number of aliphatic hydroxyl groups excluding tert-OH is 2. The number of nitrogens with one attached hydrogen (secondary N) is 1. The van der Waals surface area contributed by atoms with Crippen molar-refractivity contribution in [2.24, 2.45) is 0 Å². The summed E-state index contributed by atoms with van der Waals surface area (Å²) < 4.78 is 5.51. The second-order valence-corrected chi connectivity index (χ2v) is 23.2. The van der Waals surface area contributed by atoms with Crippen LogP contribution in [0.2, 0.25) is 0 Å². The second-order valence-electron chi connectivity index (χ2n) is 23.2. The third-order valence-corrected chi connectivity index (χ3v) is 15.8. The minimum Gasteiger partial charge on any atom is -0.466 e. The van der Waals surface area contributed by atoms with E-state index in [9.17, 15) is 19.8 Å². The lowest BCUT2D eigenvalue weighted by Crippen LogP contribution is -2.45. The lowest BCUT2D eigenvalue weighted by atomic mass is 10.0. The Hall–Kier alpha value is -1.40. The molecule has 0 spiro atoms. The molecular formula is C67H131NO5. The lowest BCUT2D eigenvalue weighted by Gasteiger charge is -2.20. The van der Waals surface area contributed by atoms with Gasteiger partial charge in [-0.3, -0.25) is 9.59 Å². The summed E-state index contributed by atoms with van der Waals surface area (Å²) in [4.78, 5) is 24.6. The van der Waals surface area contributed by atoms with E-state index in [4.69, 9.17) is 4.74 Å². The summed E-state index contributed by atoms with van der Waals surface area (Å²) >= 11 is 0. The van der Waals surface area contributed by atoms with Gasteiger partial charge in [-0.25, -0.2) is 0 Å². The Balaban J connectivity index is 3.38. The first-order chi connectivity index (χ1) is 36.0. The number of rotatable bonds is 63. The highest BCUT2D eigenvalue weighted by molar-refractivity contribution is 5.76. The van der Waals surface area contributed by atoms with E-state index < -0.39 is 12.1 Å². The van der Waals surface area contributed by atoms with Crippen LogP contribution in [0.3, 0.4) is 0 Å². The molecular weight excluding hydrogens is 899 g/mol. The Morgan fingerprint density at radius 1 is 0.370 bits per heavy atom. The second kappa shape index (κ2) is 63.1. The van der Waals surface area contributed by atoms with Gasteiger partial charge in [0.1, 0.15) is 0 Å². The highest BCUT2D eigenvalue weighted by Gasteiger charge is 2.18. The molecule has 6 heteroatoms. The molecule has 6 nitrogen and oxygen atoms in total. The number of ether oxygens (including phenoxy) is 1. The highest BCUT2D eigenvalue weighted by atomic mass is 16.5. The van der Waals surface area contributed by atoms with Gasteiger partial charge < -0.3 is 20.3 Å². The van der Waals surface area contributed by atoms with Gasteiger partial charge in [0.05, 0.1) is 25.4 Å². The molecule has 0 aromatic carbocycles. The van der Waals surface area contributed by atoms with Crippen LogP contribution >= 0.6 is 0 Å². The van der Waals surface area contributed by atoms with Gasteiger partial charge in [-0.15, -0.1) is 0 Å². The highest BCUT2D eigenvalue weighted by Crippen LogP contribution is 2.19. The van der Waals surface area contributed by atoms with Crippen molar-refractivity contribution in [3.05, 3.63) is 12.2 Å². The Kier molecular flexibility index (Phi) is 61.9. The minimum absolute atomic E-state index is 0.0167. The third kappa shape index (κ3) is 59.7.